The molecule has 4 nitrogen and oxygen atoms in total. The van der Waals surface area contributed by atoms with Crippen molar-refractivity contribution in [3.8, 4) is 0 Å². The van der Waals surface area contributed by atoms with Gasteiger partial charge in [0, 0.05) is 0 Å². The summed E-state index contributed by atoms with van der Waals surface area (Å²) in [6.45, 7) is 10.1. The topological polar surface area (TPSA) is 38.8 Å². The molecule has 142 valence electrons. The Balaban J connectivity index is 1.75. The first-order valence-corrected chi connectivity index (χ1v) is 11.7. The average molecular weight is 534 g/mol. The van der Waals surface area contributed by atoms with Gasteiger partial charge in [-0.25, -0.2) is 0 Å². The molecule has 2 aromatic rings. The molecule has 1 aromatic carbocycles. The van der Waals surface area contributed by atoms with Gasteiger partial charge in [0.25, 0.3) is 0 Å². The molecular weight excluding hydrogens is 508 g/mol. The second-order valence-electron chi connectivity index (χ2n) is 8.14. The fourth-order valence-corrected chi connectivity index (χ4v) is 7.35. The maximum absolute atomic E-state index is 12.7. The summed E-state index contributed by atoms with van der Waals surface area (Å²) in [5.74, 6) is 0. The van der Waals surface area contributed by atoms with Crippen LogP contribution in [-0.4, -0.2) is 49.5 Å². The van der Waals surface area contributed by atoms with Crippen LogP contribution >= 0.6 is 22.6 Å². The Morgan fingerprint density at radius 1 is 1.38 bits per heavy atom. The van der Waals surface area contributed by atoms with Crippen LogP contribution < -0.4 is 0 Å². The number of fused-ring (bicyclic) bond motifs is 1. The van der Waals surface area contributed by atoms with Crippen molar-refractivity contribution in [2.24, 2.45) is 0 Å². The summed E-state index contributed by atoms with van der Waals surface area (Å²) in [6, 6.07) is 8.71. The van der Waals surface area contributed by atoms with E-state index in [2.05, 4.69) is 46.9 Å². The zero-order valence-electron chi connectivity index (χ0n) is 16.0. The molecule has 26 heavy (non-hydrogen) atoms. The van der Waals surface area contributed by atoms with Crippen molar-refractivity contribution in [3.63, 3.8) is 0 Å². The molecule has 3 rings (SSSR count). The molecule has 0 saturated carbocycles. The van der Waals surface area contributed by atoms with Crippen molar-refractivity contribution in [3.05, 3.63) is 32.3 Å². The van der Waals surface area contributed by atoms with E-state index in [1.165, 1.54) is 17.7 Å². The molecule has 1 aliphatic heterocycles. The standard InChI is InChI=1S/C20H26INO3Se/c1-19(2,3)25-18(23)22-13(12-24-20(22,4)5)10-11-16-17(21)14-8-6-7-9-15(14)26-16/h6-9,13H,10-12H2,1-5H3/t13-/m0/s1. The minimum absolute atomic E-state index is 0.0519. The van der Waals surface area contributed by atoms with Crippen LogP contribution in [0, 0.1) is 3.57 Å². The van der Waals surface area contributed by atoms with E-state index >= 15 is 0 Å². The summed E-state index contributed by atoms with van der Waals surface area (Å²) in [6.07, 6.45) is 1.62. The van der Waals surface area contributed by atoms with Crippen molar-refractivity contribution in [2.75, 3.05) is 6.61 Å². The van der Waals surface area contributed by atoms with E-state index < -0.39 is 11.3 Å². The van der Waals surface area contributed by atoms with Crippen molar-refractivity contribution in [1.29, 1.82) is 0 Å². The van der Waals surface area contributed by atoms with E-state index in [4.69, 9.17) is 9.47 Å². The molecule has 1 amide bonds. The molecule has 6 heteroatoms. The van der Waals surface area contributed by atoms with Gasteiger partial charge in [-0.3, -0.25) is 0 Å². The Morgan fingerprint density at radius 2 is 2.08 bits per heavy atom. The first-order chi connectivity index (χ1) is 12.1. The first kappa shape index (κ1) is 20.2. The third-order valence-electron chi connectivity index (χ3n) is 4.47. The van der Waals surface area contributed by atoms with Crippen LogP contribution in [0.25, 0.3) is 9.65 Å². The van der Waals surface area contributed by atoms with E-state index in [0.717, 1.165) is 12.8 Å². The number of rotatable bonds is 3. The minimum atomic E-state index is -0.627. The maximum atomic E-state index is 12.7. The van der Waals surface area contributed by atoms with Gasteiger partial charge in [-0.05, 0) is 0 Å². The Bertz CT molecular complexity index is 809. The van der Waals surface area contributed by atoms with Crippen molar-refractivity contribution < 1.29 is 14.3 Å². The van der Waals surface area contributed by atoms with Gasteiger partial charge in [-0.15, -0.1) is 0 Å². The third-order valence-corrected chi connectivity index (χ3v) is 9.11. The quantitative estimate of drug-likeness (QED) is 0.420. The number of carbonyl (C=O) groups is 1. The molecule has 0 unspecified atom stereocenters. The number of hydrogen-bond donors (Lipinski definition) is 0. The van der Waals surface area contributed by atoms with Crippen LogP contribution in [0.1, 0.15) is 45.5 Å². The van der Waals surface area contributed by atoms with Crippen LogP contribution in [0.15, 0.2) is 24.3 Å². The average Bonchev–Trinajstić information content (AvgIpc) is 3.00. The van der Waals surface area contributed by atoms with E-state index in [1.54, 1.807) is 4.90 Å². The Morgan fingerprint density at radius 3 is 2.73 bits per heavy atom. The zero-order valence-corrected chi connectivity index (χ0v) is 19.8. The zero-order chi connectivity index (χ0) is 19.1. The van der Waals surface area contributed by atoms with Crippen molar-refractivity contribution in [1.82, 2.24) is 4.90 Å². The number of aryl methyl sites for hydroxylation is 1. The number of amides is 1. The van der Waals surface area contributed by atoms with Gasteiger partial charge in [0.2, 0.25) is 0 Å². The second kappa shape index (κ2) is 7.46. The SMILES string of the molecule is CC(C)(C)OC(=O)N1[C@@H](CCc2[se]c3ccccc3c2I)COC1(C)C. The number of carbonyl (C=O) groups excluding carboxylic acids is 1. The molecule has 1 aromatic heterocycles. The Hall–Kier alpha value is -0.561. The van der Waals surface area contributed by atoms with Gasteiger partial charge < -0.3 is 0 Å². The summed E-state index contributed by atoms with van der Waals surface area (Å²) in [5, 5.41) is 1.38. The number of halogens is 1. The summed E-state index contributed by atoms with van der Waals surface area (Å²) >= 11 is 2.86. The molecular formula is C20H26INO3Se. The van der Waals surface area contributed by atoms with Crippen molar-refractivity contribution in [2.45, 2.75) is 64.8 Å². The van der Waals surface area contributed by atoms with E-state index in [9.17, 15) is 4.79 Å². The molecule has 2 heterocycles. The summed E-state index contributed by atoms with van der Waals surface area (Å²) < 4.78 is 15.9. The summed E-state index contributed by atoms with van der Waals surface area (Å²) in [7, 11) is 0. The molecule has 0 N–H and O–H groups in total. The molecule has 1 fully saturated rings. The van der Waals surface area contributed by atoms with Crippen LogP contribution in [0.5, 0.6) is 0 Å². The number of benzene rings is 1. The predicted octanol–water partition coefficient (Wildman–Crippen LogP) is 4.81. The molecule has 0 spiro atoms. The fraction of sp³-hybridized carbons (Fsp3) is 0.550. The van der Waals surface area contributed by atoms with Gasteiger partial charge >= 0.3 is 176 Å². The second-order valence-corrected chi connectivity index (χ2v) is 11.6. The molecule has 1 aliphatic rings. The Kier molecular flexibility index (Phi) is 5.79. The number of nitrogens with zero attached hydrogens (tertiary/aromatic N) is 1. The summed E-state index contributed by atoms with van der Waals surface area (Å²) in [5.41, 5.74) is -1.13. The van der Waals surface area contributed by atoms with E-state index in [-0.39, 0.29) is 12.1 Å². The summed E-state index contributed by atoms with van der Waals surface area (Å²) in [4.78, 5) is 14.5. The molecule has 0 bridgehead atoms. The van der Waals surface area contributed by atoms with Crippen LogP contribution in [0.3, 0.4) is 0 Å². The molecule has 1 saturated heterocycles. The first-order valence-electron chi connectivity index (χ1n) is 8.91. The van der Waals surface area contributed by atoms with Crippen LogP contribution in [-0.2, 0) is 15.9 Å². The van der Waals surface area contributed by atoms with E-state index in [1.807, 2.05) is 34.6 Å². The monoisotopic (exact) mass is 535 g/mol. The molecule has 0 radical (unpaired) electrons. The van der Waals surface area contributed by atoms with Gasteiger partial charge in [-0.2, -0.15) is 0 Å². The number of ether oxygens (including phenoxy) is 2. The third kappa shape index (κ3) is 4.29. The number of hydrogen-bond acceptors (Lipinski definition) is 3. The van der Waals surface area contributed by atoms with Crippen LogP contribution in [0.4, 0.5) is 4.79 Å². The van der Waals surface area contributed by atoms with E-state index in [0.29, 0.717) is 21.1 Å². The van der Waals surface area contributed by atoms with Gasteiger partial charge in [-0.1, -0.05) is 0 Å². The normalized spacial score (nSPS) is 19.9. The fourth-order valence-electron chi connectivity index (χ4n) is 3.30. The van der Waals surface area contributed by atoms with Gasteiger partial charge in [0.15, 0.2) is 0 Å². The van der Waals surface area contributed by atoms with Crippen LogP contribution in [0.2, 0.25) is 0 Å². The van der Waals surface area contributed by atoms with Gasteiger partial charge in [0.1, 0.15) is 0 Å². The predicted molar refractivity (Wildman–Crippen MR) is 114 cm³/mol. The molecule has 1 atom stereocenters. The Labute approximate surface area is 175 Å². The van der Waals surface area contributed by atoms with Gasteiger partial charge in [0.05, 0.1) is 0 Å². The molecule has 0 aliphatic carbocycles. The van der Waals surface area contributed by atoms with Crippen molar-refractivity contribution >= 4 is 52.8 Å².